The van der Waals surface area contributed by atoms with Gasteiger partial charge in [0.25, 0.3) is 5.91 Å². The Labute approximate surface area is 178 Å². The number of benzene rings is 2. The molecule has 1 fully saturated rings. The first-order chi connectivity index (χ1) is 13.9. The van der Waals surface area contributed by atoms with Crippen LogP contribution in [0, 0.1) is 6.92 Å². The normalized spacial score (nSPS) is 16.9. The van der Waals surface area contributed by atoms with E-state index >= 15 is 0 Å². The summed E-state index contributed by atoms with van der Waals surface area (Å²) in [5, 5.41) is 3.69. The van der Waals surface area contributed by atoms with Crippen molar-refractivity contribution < 1.29 is 9.53 Å². The van der Waals surface area contributed by atoms with Crippen LogP contribution in [0.1, 0.15) is 19.4 Å². The molecule has 1 heterocycles. The van der Waals surface area contributed by atoms with Gasteiger partial charge in [0.05, 0.1) is 0 Å². The number of nitrogens with zero attached hydrogens (tertiary/aromatic N) is 2. The molecule has 2 atom stereocenters. The van der Waals surface area contributed by atoms with E-state index in [1.165, 1.54) is 5.69 Å². The summed E-state index contributed by atoms with van der Waals surface area (Å²) in [5.41, 5.74) is 2.19. The van der Waals surface area contributed by atoms with Gasteiger partial charge in [0.1, 0.15) is 5.75 Å². The Kier molecular flexibility index (Phi) is 7.40. The average Bonchev–Trinajstić information content (AvgIpc) is 2.74. The molecule has 2 aromatic rings. The Hall–Kier alpha value is -2.24. The van der Waals surface area contributed by atoms with Crippen LogP contribution in [0.5, 0.6) is 5.75 Å². The summed E-state index contributed by atoms with van der Waals surface area (Å²) in [6.45, 7) is 10.4. The second-order valence-corrected chi connectivity index (χ2v) is 8.06. The molecule has 0 aliphatic carbocycles. The lowest BCUT2D eigenvalue weighted by Crippen LogP contribution is -2.53. The quantitative estimate of drug-likeness (QED) is 0.748. The predicted molar refractivity (Wildman–Crippen MR) is 119 cm³/mol. The fourth-order valence-corrected chi connectivity index (χ4v) is 3.80. The van der Waals surface area contributed by atoms with Crippen LogP contribution in [0.3, 0.4) is 0 Å². The molecule has 2 aromatic carbocycles. The van der Waals surface area contributed by atoms with Crippen molar-refractivity contribution in [2.24, 2.45) is 0 Å². The third-order valence-corrected chi connectivity index (χ3v) is 5.68. The predicted octanol–water partition coefficient (Wildman–Crippen LogP) is 3.74. The number of amides is 1. The molecule has 3 rings (SSSR count). The SMILES string of the molecule is Cc1cc(Cl)ccc1O[C@H](C)C(=O)NC[C@H](C)N1CCN(c2ccccc2)CC1. The number of piperazine rings is 1. The average molecular weight is 416 g/mol. The second kappa shape index (κ2) is 9.99. The minimum absolute atomic E-state index is 0.103. The Bertz CT molecular complexity index is 807. The monoisotopic (exact) mass is 415 g/mol. The van der Waals surface area contributed by atoms with Gasteiger partial charge in [-0.05, 0) is 56.7 Å². The number of carbonyl (C=O) groups excluding carboxylic acids is 1. The first-order valence-corrected chi connectivity index (χ1v) is 10.6. The lowest BCUT2D eigenvalue weighted by molar-refractivity contribution is -0.127. The Morgan fingerprint density at radius 3 is 2.45 bits per heavy atom. The standard InChI is InChI=1S/C23H30ClN3O2/c1-17-15-20(24)9-10-22(17)29-19(3)23(28)25-16-18(2)26-11-13-27(14-12-26)21-7-5-4-6-8-21/h4-10,15,18-19H,11-14,16H2,1-3H3,(H,25,28)/t18-,19+/m0/s1. The van der Waals surface area contributed by atoms with Crippen LogP contribution >= 0.6 is 11.6 Å². The molecule has 1 aliphatic rings. The highest BCUT2D eigenvalue weighted by atomic mass is 35.5. The summed E-state index contributed by atoms with van der Waals surface area (Å²) in [4.78, 5) is 17.3. The largest absolute Gasteiger partial charge is 0.481 e. The van der Waals surface area contributed by atoms with Crippen LogP contribution in [-0.2, 0) is 4.79 Å². The van der Waals surface area contributed by atoms with Crippen molar-refractivity contribution in [1.82, 2.24) is 10.2 Å². The number of halogens is 1. The molecule has 5 nitrogen and oxygen atoms in total. The Morgan fingerprint density at radius 2 is 1.79 bits per heavy atom. The molecule has 6 heteroatoms. The molecular weight excluding hydrogens is 386 g/mol. The van der Waals surface area contributed by atoms with Crippen LogP contribution in [0.15, 0.2) is 48.5 Å². The number of ether oxygens (including phenoxy) is 1. The molecule has 156 valence electrons. The van der Waals surface area contributed by atoms with Crippen LogP contribution in [0.2, 0.25) is 5.02 Å². The molecule has 1 amide bonds. The van der Waals surface area contributed by atoms with E-state index in [2.05, 4.69) is 46.3 Å². The van der Waals surface area contributed by atoms with Gasteiger partial charge in [0.15, 0.2) is 6.10 Å². The number of hydrogen-bond donors (Lipinski definition) is 1. The van der Waals surface area contributed by atoms with Crippen molar-refractivity contribution in [3.63, 3.8) is 0 Å². The number of rotatable bonds is 7. The summed E-state index contributed by atoms with van der Waals surface area (Å²) < 4.78 is 5.81. The maximum atomic E-state index is 12.5. The molecule has 1 saturated heterocycles. The summed E-state index contributed by atoms with van der Waals surface area (Å²) in [6.07, 6.45) is -0.558. The van der Waals surface area contributed by atoms with Crippen molar-refractivity contribution in [2.75, 3.05) is 37.6 Å². The molecule has 29 heavy (non-hydrogen) atoms. The number of para-hydroxylation sites is 1. The zero-order valence-electron chi connectivity index (χ0n) is 17.4. The van der Waals surface area contributed by atoms with E-state index in [0.717, 1.165) is 31.7 Å². The summed E-state index contributed by atoms with van der Waals surface area (Å²) in [6, 6.07) is 16.2. The molecular formula is C23H30ClN3O2. The molecule has 1 aliphatic heterocycles. The van der Waals surface area contributed by atoms with E-state index in [4.69, 9.17) is 16.3 Å². The van der Waals surface area contributed by atoms with Gasteiger partial charge in [-0.3, -0.25) is 9.69 Å². The van der Waals surface area contributed by atoms with E-state index in [9.17, 15) is 4.79 Å². The van der Waals surface area contributed by atoms with Crippen molar-refractivity contribution in [3.05, 3.63) is 59.1 Å². The fourth-order valence-electron chi connectivity index (χ4n) is 3.57. The van der Waals surface area contributed by atoms with Crippen molar-refractivity contribution in [3.8, 4) is 5.75 Å². The first-order valence-electron chi connectivity index (χ1n) is 10.2. The molecule has 1 N–H and O–H groups in total. The minimum Gasteiger partial charge on any atom is -0.481 e. The molecule has 0 spiro atoms. The van der Waals surface area contributed by atoms with Gasteiger partial charge in [-0.1, -0.05) is 29.8 Å². The van der Waals surface area contributed by atoms with E-state index in [0.29, 0.717) is 17.3 Å². The number of anilines is 1. The van der Waals surface area contributed by atoms with Gasteiger partial charge in [-0.15, -0.1) is 0 Å². The fraction of sp³-hybridized carbons (Fsp3) is 0.435. The molecule has 0 radical (unpaired) electrons. The van der Waals surface area contributed by atoms with Crippen LogP contribution < -0.4 is 15.0 Å². The van der Waals surface area contributed by atoms with Crippen LogP contribution in [-0.4, -0.2) is 55.7 Å². The lowest BCUT2D eigenvalue weighted by Gasteiger charge is -2.39. The summed E-state index contributed by atoms with van der Waals surface area (Å²) in [5.74, 6) is 0.580. The van der Waals surface area contributed by atoms with Crippen LogP contribution in [0.4, 0.5) is 5.69 Å². The third kappa shape index (κ3) is 5.87. The van der Waals surface area contributed by atoms with Gasteiger partial charge in [-0.25, -0.2) is 0 Å². The first kappa shape index (κ1) is 21.5. The van der Waals surface area contributed by atoms with Crippen molar-refractivity contribution in [2.45, 2.75) is 32.9 Å². The Balaban J connectivity index is 1.43. The summed E-state index contributed by atoms with van der Waals surface area (Å²) >= 11 is 5.98. The van der Waals surface area contributed by atoms with E-state index < -0.39 is 6.10 Å². The second-order valence-electron chi connectivity index (χ2n) is 7.62. The molecule has 0 saturated carbocycles. The van der Waals surface area contributed by atoms with Gasteiger partial charge in [-0.2, -0.15) is 0 Å². The Morgan fingerprint density at radius 1 is 1.10 bits per heavy atom. The molecule has 0 unspecified atom stereocenters. The van der Waals surface area contributed by atoms with Crippen LogP contribution in [0.25, 0.3) is 0 Å². The van der Waals surface area contributed by atoms with E-state index in [1.807, 2.05) is 19.1 Å². The summed E-state index contributed by atoms with van der Waals surface area (Å²) in [7, 11) is 0. The topological polar surface area (TPSA) is 44.8 Å². The number of aryl methyl sites for hydroxylation is 1. The number of nitrogens with one attached hydrogen (secondary N) is 1. The third-order valence-electron chi connectivity index (χ3n) is 5.44. The van der Waals surface area contributed by atoms with Crippen molar-refractivity contribution in [1.29, 1.82) is 0 Å². The van der Waals surface area contributed by atoms with E-state index in [-0.39, 0.29) is 11.9 Å². The number of carbonyl (C=O) groups is 1. The minimum atomic E-state index is -0.558. The van der Waals surface area contributed by atoms with E-state index in [1.54, 1.807) is 19.1 Å². The number of hydrogen-bond acceptors (Lipinski definition) is 4. The molecule has 0 bridgehead atoms. The van der Waals surface area contributed by atoms with Gasteiger partial charge in [0, 0.05) is 49.5 Å². The highest BCUT2D eigenvalue weighted by Crippen LogP contribution is 2.23. The van der Waals surface area contributed by atoms with Crippen molar-refractivity contribution >= 4 is 23.2 Å². The zero-order valence-corrected chi connectivity index (χ0v) is 18.2. The van der Waals surface area contributed by atoms with Gasteiger partial charge >= 0.3 is 0 Å². The highest BCUT2D eigenvalue weighted by molar-refractivity contribution is 6.30. The lowest BCUT2D eigenvalue weighted by atomic mass is 10.2. The zero-order chi connectivity index (χ0) is 20.8. The highest BCUT2D eigenvalue weighted by Gasteiger charge is 2.23. The maximum Gasteiger partial charge on any atom is 0.260 e. The smallest absolute Gasteiger partial charge is 0.260 e. The molecule has 0 aromatic heterocycles. The van der Waals surface area contributed by atoms with Gasteiger partial charge in [0.2, 0.25) is 0 Å². The maximum absolute atomic E-state index is 12.5. The van der Waals surface area contributed by atoms with Gasteiger partial charge < -0.3 is 15.0 Å².